The summed E-state index contributed by atoms with van der Waals surface area (Å²) in [5.41, 5.74) is 0.636. The first kappa shape index (κ1) is 17.6. The molecule has 0 aromatic rings. The Bertz CT molecular complexity index is 349. The zero-order chi connectivity index (χ0) is 15.0. The van der Waals surface area contributed by atoms with Gasteiger partial charge in [-0.3, -0.25) is 4.79 Å². The predicted octanol–water partition coefficient (Wildman–Crippen LogP) is 5.77. The van der Waals surface area contributed by atoms with Crippen molar-refractivity contribution in [3.8, 4) is 0 Å². The highest BCUT2D eigenvalue weighted by atomic mass is 32.2. The quantitative estimate of drug-likeness (QED) is 0.520. The molecule has 0 radical (unpaired) electrons. The lowest BCUT2D eigenvalue weighted by Gasteiger charge is -2.22. The maximum absolute atomic E-state index is 11.8. The minimum absolute atomic E-state index is 0.0760. The van der Waals surface area contributed by atoms with E-state index in [-0.39, 0.29) is 9.86 Å². The van der Waals surface area contributed by atoms with Crippen LogP contribution in [0.1, 0.15) is 85.0 Å². The van der Waals surface area contributed by atoms with Crippen LogP contribution in [0, 0.1) is 0 Å². The summed E-state index contributed by atoms with van der Waals surface area (Å²) < 4.78 is -0.357. The van der Waals surface area contributed by atoms with E-state index >= 15 is 0 Å². The Morgan fingerprint density at radius 2 is 1.55 bits per heavy atom. The zero-order valence-corrected chi connectivity index (χ0v) is 14.2. The van der Waals surface area contributed by atoms with E-state index in [1.807, 2.05) is 13.8 Å². The third-order valence-corrected chi connectivity index (χ3v) is 5.49. The molecular weight excluding hydrogens is 268 g/mol. The van der Waals surface area contributed by atoms with Crippen LogP contribution in [-0.4, -0.2) is 15.0 Å². The fraction of sp³-hybridized carbons (Fsp3) is 0.824. The van der Waals surface area contributed by atoms with Crippen molar-refractivity contribution in [3.63, 3.8) is 0 Å². The van der Waals surface area contributed by atoms with Crippen LogP contribution in [0.5, 0.6) is 0 Å². The van der Waals surface area contributed by atoms with Crippen LogP contribution in [0.4, 0.5) is 0 Å². The van der Waals surface area contributed by atoms with Crippen LogP contribution in [0.25, 0.3) is 0 Å². The summed E-state index contributed by atoms with van der Waals surface area (Å²) in [7, 11) is 0. The highest BCUT2D eigenvalue weighted by Crippen LogP contribution is 2.46. The number of thioether (sulfide) groups is 1. The second-order valence-corrected chi connectivity index (χ2v) is 7.50. The van der Waals surface area contributed by atoms with Crippen molar-refractivity contribution in [2.45, 2.75) is 89.7 Å². The Kier molecular flexibility index (Phi) is 7.71. The summed E-state index contributed by atoms with van der Waals surface area (Å²) >= 11 is 1.32. The normalized spacial score (nSPS) is 22.9. The summed E-state index contributed by atoms with van der Waals surface area (Å²) in [6.45, 7) is 6.19. The standard InChI is InChI=1S/C17H30O2S/c1-4-6-7-8-9-10-11-12-13-17(3)15(18)14(5-2)16(19)20-17/h18H,4-13H2,1-3H3. The summed E-state index contributed by atoms with van der Waals surface area (Å²) in [6, 6.07) is 0. The minimum Gasteiger partial charge on any atom is -0.510 e. The van der Waals surface area contributed by atoms with E-state index in [2.05, 4.69) is 6.92 Å². The largest absolute Gasteiger partial charge is 0.510 e. The number of unbranched alkanes of at least 4 members (excludes halogenated alkanes) is 7. The molecular formula is C17H30O2S. The molecule has 0 saturated heterocycles. The lowest BCUT2D eigenvalue weighted by Crippen LogP contribution is -2.20. The van der Waals surface area contributed by atoms with Crippen LogP contribution in [0.2, 0.25) is 0 Å². The molecule has 1 heterocycles. The van der Waals surface area contributed by atoms with Crippen LogP contribution < -0.4 is 0 Å². The van der Waals surface area contributed by atoms with Gasteiger partial charge in [0, 0.05) is 5.57 Å². The van der Waals surface area contributed by atoms with Gasteiger partial charge in [-0.25, -0.2) is 0 Å². The molecule has 1 rings (SSSR count). The van der Waals surface area contributed by atoms with Gasteiger partial charge >= 0.3 is 0 Å². The van der Waals surface area contributed by atoms with E-state index in [9.17, 15) is 9.90 Å². The highest BCUT2D eigenvalue weighted by Gasteiger charge is 2.41. The van der Waals surface area contributed by atoms with Crippen molar-refractivity contribution in [1.29, 1.82) is 0 Å². The SMILES string of the molecule is CCCCCCCCCCC1(C)SC(=O)C(CC)=C1O. The second kappa shape index (κ2) is 8.76. The van der Waals surface area contributed by atoms with Gasteiger partial charge in [0.15, 0.2) is 0 Å². The van der Waals surface area contributed by atoms with E-state index in [0.29, 0.717) is 17.8 Å². The number of carbonyl (C=O) groups excluding carboxylic acids is 1. The molecule has 1 aliphatic rings. The molecule has 0 saturated carbocycles. The van der Waals surface area contributed by atoms with Gasteiger partial charge in [0.2, 0.25) is 5.12 Å². The monoisotopic (exact) mass is 298 g/mol. The smallest absolute Gasteiger partial charge is 0.219 e. The number of aliphatic hydroxyl groups excluding tert-OH is 1. The molecule has 0 bridgehead atoms. The number of hydrogen-bond donors (Lipinski definition) is 1. The lowest BCUT2D eigenvalue weighted by atomic mass is 9.96. The molecule has 0 spiro atoms. The summed E-state index contributed by atoms with van der Waals surface area (Å²) in [5, 5.41) is 10.3. The zero-order valence-electron chi connectivity index (χ0n) is 13.3. The first-order valence-corrected chi connectivity index (χ1v) is 9.02. The molecule has 0 fully saturated rings. The molecule has 3 heteroatoms. The van der Waals surface area contributed by atoms with Crippen LogP contribution in [0.15, 0.2) is 11.3 Å². The topological polar surface area (TPSA) is 37.3 Å². The van der Waals surface area contributed by atoms with E-state index in [4.69, 9.17) is 0 Å². The average Bonchev–Trinajstić information content (AvgIpc) is 2.63. The fourth-order valence-electron chi connectivity index (χ4n) is 2.81. The van der Waals surface area contributed by atoms with Gasteiger partial charge in [0.05, 0.1) is 4.75 Å². The van der Waals surface area contributed by atoms with Crippen molar-refractivity contribution in [2.24, 2.45) is 0 Å². The van der Waals surface area contributed by atoms with Crippen LogP contribution in [-0.2, 0) is 4.79 Å². The summed E-state index contributed by atoms with van der Waals surface area (Å²) in [5.74, 6) is 0.345. The van der Waals surface area contributed by atoms with Crippen molar-refractivity contribution in [2.75, 3.05) is 0 Å². The molecule has 116 valence electrons. The first-order chi connectivity index (χ1) is 9.55. The molecule has 0 aromatic heterocycles. The molecule has 2 nitrogen and oxygen atoms in total. The van der Waals surface area contributed by atoms with Gasteiger partial charge in [-0.1, -0.05) is 77.0 Å². The van der Waals surface area contributed by atoms with Crippen molar-refractivity contribution in [1.82, 2.24) is 0 Å². The second-order valence-electron chi connectivity index (χ2n) is 6.03. The molecule has 1 atom stereocenters. The van der Waals surface area contributed by atoms with Gasteiger partial charge in [-0.05, 0) is 19.8 Å². The third-order valence-electron chi connectivity index (χ3n) is 4.21. The molecule has 0 amide bonds. The Morgan fingerprint density at radius 1 is 1.00 bits per heavy atom. The van der Waals surface area contributed by atoms with Gasteiger partial charge in [-0.15, -0.1) is 0 Å². The number of rotatable bonds is 10. The maximum Gasteiger partial charge on any atom is 0.219 e. The maximum atomic E-state index is 11.8. The van der Waals surface area contributed by atoms with Gasteiger partial charge in [-0.2, -0.15) is 0 Å². The number of aliphatic hydroxyl groups is 1. The van der Waals surface area contributed by atoms with Gasteiger partial charge in [0.1, 0.15) is 5.76 Å². The van der Waals surface area contributed by atoms with Crippen molar-refractivity contribution >= 4 is 16.9 Å². The molecule has 0 aliphatic carbocycles. The van der Waals surface area contributed by atoms with Crippen molar-refractivity contribution in [3.05, 3.63) is 11.3 Å². The summed E-state index contributed by atoms with van der Waals surface area (Å²) in [4.78, 5) is 11.8. The van der Waals surface area contributed by atoms with Gasteiger partial charge in [0.25, 0.3) is 0 Å². The van der Waals surface area contributed by atoms with E-state index in [1.54, 1.807) is 0 Å². The Morgan fingerprint density at radius 3 is 2.05 bits per heavy atom. The Hall–Kier alpha value is -0.440. The summed E-state index contributed by atoms with van der Waals surface area (Å²) in [6.07, 6.45) is 11.8. The first-order valence-electron chi connectivity index (χ1n) is 8.21. The van der Waals surface area contributed by atoms with E-state index < -0.39 is 0 Å². The van der Waals surface area contributed by atoms with Crippen LogP contribution in [0.3, 0.4) is 0 Å². The van der Waals surface area contributed by atoms with E-state index in [0.717, 1.165) is 12.8 Å². The lowest BCUT2D eigenvalue weighted by molar-refractivity contribution is -0.107. The van der Waals surface area contributed by atoms with E-state index in [1.165, 1.54) is 56.7 Å². The minimum atomic E-state index is -0.357. The third kappa shape index (κ3) is 4.83. The molecule has 0 aromatic carbocycles. The Balaban J connectivity index is 2.22. The molecule has 1 N–H and O–H groups in total. The van der Waals surface area contributed by atoms with Crippen LogP contribution >= 0.6 is 11.8 Å². The molecule has 20 heavy (non-hydrogen) atoms. The predicted molar refractivity (Wildman–Crippen MR) is 88.2 cm³/mol. The van der Waals surface area contributed by atoms with Gasteiger partial charge < -0.3 is 5.11 Å². The average molecular weight is 298 g/mol. The molecule has 1 aliphatic heterocycles. The fourth-order valence-corrected chi connectivity index (χ4v) is 4.05. The number of hydrogen-bond acceptors (Lipinski definition) is 3. The number of carbonyl (C=O) groups is 1. The Labute approximate surface area is 128 Å². The highest BCUT2D eigenvalue weighted by molar-refractivity contribution is 8.15. The molecule has 1 unspecified atom stereocenters. The van der Waals surface area contributed by atoms with Crippen molar-refractivity contribution < 1.29 is 9.90 Å².